The van der Waals surface area contributed by atoms with Crippen molar-refractivity contribution in [2.75, 3.05) is 0 Å². The molecule has 4 rings (SSSR count). The molecule has 6 heteroatoms. The molecule has 160 valence electrons. The molecule has 30 heavy (non-hydrogen) atoms. The van der Waals surface area contributed by atoms with Crippen molar-refractivity contribution < 1.29 is 14.3 Å². The Morgan fingerprint density at radius 3 is 2.53 bits per heavy atom. The Hall–Kier alpha value is -1.78. The minimum Gasteiger partial charge on any atom is -0.459 e. The number of rotatable bonds is 3. The summed E-state index contributed by atoms with van der Waals surface area (Å²) in [5.74, 6) is -0.876. The number of nitrogens with one attached hydrogen (secondary N) is 1. The Labute approximate surface area is 187 Å². The van der Waals surface area contributed by atoms with Gasteiger partial charge in [0.05, 0.1) is 5.57 Å². The number of ether oxygens (including phenoxy) is 1. The molecule has 1 atom stereocenters. The van der Waals surface area contributed by atoms with Crippen LogP contribution in [0.1, 0.15) is 70.8 Å². The molecule has 1 N–H and O–H groups in total. The summed E-state index contributed by atoms with van der Waals surface area (Å²) in [6.45, 7) is 6.05. The molecule has 3 aliphatic rings. The van der Waals surface area contributed by atoms with Gasteiger partial charge in [-0.25, -0.2) is 4.79 Å². The quantitative estimate of drug-likeness (QED) is 0.569. The smallest absolute Gasteiger partial charge is 0.337 e. The lowest BCUT2D eigenvalue weighted by molar-refractivity contribution is -0.144. The third-order valence-corrected chi connectivity index (χ3v) is 6.87. The van der Waals surface area contributed by atoms with Gasteiger partial charge in [0.1, 0.15) is 6.10 Å². The molecule has 0 unspecified atom stereocenters. The first kappa shape index (κ1) is 21.5. The Kier molecular flexibility index (Phi) is 5.75. The summed E-state index contributed by atoms with van der Waals surface area (Å²) in [7, 11) is 0. The average Bonchev–Trinajstić information content (AvgIpc) is 3.12. The zero-order valence-electron chi connectivity index (χ0n) is 17.6. The molecule has 1 aromatic carbocycles. The Balaban J connectivity index is 1.82. The van der Waals surface area contributed by atoms with Gasteiger partial charge in [0.25, 0.3) is 0 Å². The molecular formula is C24H27Cl2NO3. The lowest BCUT2D eigenvalue weighted by Gasteiger charge is -2.39. The molecular weight excluding hydrogens is 421 g/mol. The average molecular weight is 448 g/mol. The fourth-order valence-electron chi connectivity index (χ4n) is 4.97. The van der Waals surface area contributed by atoms with Crippen LogP contribution in [-0.2, 0) is 14.3 Å². The standard InChI is InChI=1S/C24H27Cl2NO3/c1-13-20(23(29)30-15-6-4-5-7-15)21(16-9-8-14(25)10-17(16)26)22-18(27-13)11-24(2,3)12-19(22)28/h8-10,15,21,27H,4-7,11-12H2,1-3H3/t21-/m0/s1. The number of halogens is 2. The molecule has 0 amide bonds. The highest BCUT2D eigenvalue weighted by atomic mass is 35.5. The fourth-order valence-corrected chi connectivity index (χ4v) is 5.49. The van der Waals surface area contributed by atoms with Crippen LogP contribution in [0.15, 0.2) is 40.7 Å². The summed E-state index contributed by atoms with van der Waals surface area (Å²) < 4.78 is 5.85. The summed E-state index contributed by atoms with van der Waals surface area (Å²) in [5, 5.41) is 4.31. The second-order valence-corrected chi connectivity index (χ2v) is 10.3. The molecule has 1 saturated carbocycles. The van der Waals surface area contributed by atoms with Crippen LogP contribution in [0.3, 0.4) is 0 Å². The first-order valence-electron chi connectivity index (χ1n) is 10.6. The lowest BCUT2D eigenvalue weighted by Crippen LogP contribution is -2.39. The number of benzene rings is 1. The summed E-state index contributed by atoms with van der Waals surface area (Å²) in [6, 6.07) is 5.22. The highest BCUT2D eigenvalue weighted by Gasteiger charge is 2.44. The predicted octanol–water partition coefficient (Wildman–Crippen LogP) is 6.08. The Bertz CT molecular complexity index is 971. The van der Waals surface area contributed by atoms with Gasteiger partial charge < -0.3 is 10.1 Å². The number of carbonyl (C=O) groups is 2. The van der Waals surface area contributed by atoms with Crippen molar-refractivity contribution >= 4 is 35.0 Å². The summed E-state index contributed by atoms with van der Waals surface area (Å²) in [5.41, 5.74) is 3.26. The molecule has 1 aromatic rings. The van der Waals surface area contributed by atoms with E-state index in [1.807, 2.05) is 13.0 Å². The molecule has 1 fully saturated rings. The van der Waals surface area contributed by atoms with Gasteiger partial charge in [-0.15, -0.1) is 0 Å². The number of dihydropyridines is 1. The van der Waals surface area contributed by atoms with E-state index >= 15 is 0 Å². The minimum absolute atomic E-state index is 0.0448. The fraction of sp³-hybridized carbons (Fsp3) is 0.500. The number of Topliss-reactive ketones (excluding diaryl/α,β-unsaturated/α-hetero) is 1. The van der Waals surface area contributed by atoms with Crippen LogP contribution in [0.25, 0.3) is 0 Å². The van der Waals surface area contributed by atoms with Crippen LogP contribution in [0.4, 0.5) is 0 Å². The van der Waals surface area contributed by atoms with Crippen molar-refractivity contribution in [3.63, 3.8) is 0 Å². The van der Waals surface area contributed by atoms with Gasteiger partial charge >= 0.3 is 5.97 Å². The van der Waals surface area contributed by atoms with Crippen molar-refractivity contribution in [3.8, 4) is 0 Å². The molecule has 0 aromatic heterocycles. The van der Waals surface area contributed by atoms with Crippen LogP contribution in [0.2, 0.25) is 10.0 Å². The maximum Gasteiger partial charge on any atom is 0.337 e. The van der Waals surface area contributed by atoms with Crippen molar-refractivity contribution in [2.24, 2.45) is 5.41 Å². The molecule has 0 bridgehead atoms. The summed E-state index contributed by atoms with van der Waals surface area (Å²) in [4.78, 5) is 26.6. The Morgan fingerprint density at radius 2 is 1.87 bits per heavy atom. The zero-order chi connectivity index (χ0) is 21.6. The van der Waals surface area contributed by atoms with Crippen molar-refractivity contribution in [2.45, 2.75) is 71.3 Å². The maximum absolute atomic E-state index is 13.3. The summed E-state index contributed by atoms with van der Waals surface area (Å²) >= 11 is 12.7. The van der Waals surface area contributed by atoms with Gasteiger partial charge in [-0.3, -0.25) is 4.79 Å². The lowest BCUT2D eigenvalue weighted by atomic mass is 9.68. The van der Waals surface area contributed by atoms with Gasteiger partial charge in [-0.05, 0) is 62.1 Å². The van der Waals surface area contributed by atoms with E-state index < -0.39 is 5.92 Å². The van der Waals surface area contributed by atoms with E-state index in [1.165, 1.54) is 0 Å². The van der Waals surface area contributed by atoms with E-state index in [1.54, 1.807) is 12.1 Å². The molecule has 0 saturated heterocycles. The van der Waals surface area contributed by atoms with Crippen LogP contribution < -0.4 is 5.32 Å². The van der Waals surface area contributed by atoms with E-state index in [4.69, 9.17) is 27.9 Å². The number of hydrogen-bond acceptors (Lipinski definition) is 4. The van der Waals surface area contributed by atoms with E-state index in [2.05, 4.69) is 19.2 Å². The van der Waals surface area contributed by atoms with Gasteiger partial charge in [-0.2, -0.15) is 0 Å². The third-order valence-electron chi connectivity index (χ3n) is 6.31. The van der Waals surface area contributed by atoms with Crippen LogP contribution in [0.5, 0.6) is 0 Å². The highest BCUT2D eigenvalue weighted by Crippen LogP contribution is 2.48. The van der Waals surface area contributed by atoms with Gasteiger partial charge in [0.15, 0.2) is 5.78 Å². The Morgan fingerprint density at radius 1 is 1.17 bits per heavy atom. The molecule has 1 heterocycles. The van der Waals surface area contributed by atoms with Crippen molar-refractivity contribution in [1.29, 1.82) is 0 Å². The molecule has 0 spiro atoms. The van der Waals surface area contributed by atoms with Crippen molar-refractivity contribution in [1.82, 2.24) is 5.32 Å². The minimum atomic E-state index is -0.552. The first-order chi connectivity index (χ1) is 14.2. The monoisotopic (exact) mass is 447 g/mol. The second-order valence-electron chi connectivity index (χ2n) is 9.41. The van der Waals surface area contributed by atoms with Crippen LogP contribution in [-0.4, -0.2) is 17.9 Å². The van der Waals surface area contributed by atoms with Crippen molar-refractivity contribution in [3.05, 3.63) is 56.3 Å². The van der Waals surface area contributed by atoms with Gasteiger partial charge in [-0.1, -0.05) is 43.1 Å². The molecule has 2 aliphatic carbocycles. The first-order valence-corrected chi connectivity index (χ1v) is 11.3. The topological polar surface area (TPSA) is 55.4 Å². The predicted molar refractivity (Wildman–Crippen MR) is 118 cm³/mol. The van der Waals surface area contributed by atoms with Gasteiger partial charge in [0, 0.05) is 39.4 Å². The SMILES string of the molecule is CC1=C(C(=O)OC2CCCC2)[C@H](c2ccc(Cl)cc2Cl)C2=C(CC(C)(C)CC2=O)N1. The number of carbonyl (C=O) groups excluding carboxylic acids is 2. The van der Waals surface area contributed by atoms with E-state index in [0.29, 0.717) is 33.2 Å². The zero-order valence-corrected chi connectivity index (χ0v) is 19.1. The normalized spacial score (nSPS) is 24.0. The van der Waals surface area contributed by atoms with Crippen LogP contribution >= 0.6 is 23.2 Å². The summed E-state index contributed by atoms with van der Waals surface area (Å²) in [6.07, 6.45) is 5.03. The molecule has 1 aliphatic heterocycles. The maximum atomic E-state index is 13.3. The number of ketones is 1. The largest absolute Gasteiger partial charge is 0.459 e. The van der Waals surface area contributed by atoms with Gasteiger partial charge in [0.2, 0.25) is 0 Å². The number of hydrogen-bond donors (Lipinski definition) is 1. The highest BCUT2D eigenvalue weighted by molar-refractivity contribution is 6.35. The number of esters is 1. The van der Waals surface area contributed by atoms with E-state index in [0.717, 1.165) is 43.5 Å². The second kappa shape index (κ2) is 8.05. The number of allylic oxidation sites excluding steroid dienone is 3. The third kappa shape index (κ3) is 4.04. The molecule has 4 nitrogen and oxygen atoms in total. The van der Waals surface area contributed by atoms with E-state index in [9.17, 15) is 9.59 Å². The van der Waals surface area contributed by atoms with Crippen LogP contribution in [0, 0.1) is 5.41 Å². The van der Waals surface area contributed by atoms with E-state index in [-0.39, 0.29) is 23.3 Å². The molecule has 0 radical (unpaired) electrons.